The van der Waals surface area contributed by atoms with E-state index in [1.165, 1.54) is 11.2 Å². The molecule has 8 heteroatoms. The highest BCUT2D eigenvalue weighted by Crippen LogP contribution is 2.40. The fraction of sp³-hybridized carbons (Fsp3) is 0.750. The maximum atomic E-state index is 12.7. The lowest BCUT2D eigenvalue weighted by Crippen LogP contribution is -2.38. The fourth-order valence-corrected chi connectivity index (χ4v) is 2.63. The highest BCUT2D eigenvalue weighted by Gasteiger charge is 2.43. The first-order valence-corrected chi connectivity index (χ1v) is 6.54. The summed E-state index contributed by atoms with van der Waals surface area (Å²) in [5.74, 6) is -1.65. The number of carbonyl (C=O) groups is 1. The van der Waals surface area contributed by atoms with Crippen molar-refractivity contribution in [2.24, 2.45) is 11.8 Å². The predicted octanol–water partition coefficient (Wildman–Crippen LogP) is 2.13. The highest BCUT2D eigenvalue weighted by molar-refractivity contribution is 5.78. The molecule has 1 saturated carbocycles. The Morgan fingerprint density at radius 2 is 2.25 bits per heavy atom. The van der Waals surface area contributed by atoms with Crippen molar-refractivity contribution in [3.8, 4) is 0 Å². The molecule has 2 rings (SSSR count). The Bertz CT molecular complexity index is 446. The van der Waals surface area contributed by atoms with Gasteiger partial charge in [-0.1, -0.05) is 6.42 Å². The number of halogens is 3. The molecule has 1 aliphatic carbocycles. The molecule has 1 aromatic heterocycles. The average molecular weight is 290 g/mol. The number of nitrogens with zero attached hydrogens (tertiary/aromatic N) is 3. The van der Waals surface area contributed by atoms with Gasteiger partial charge in [-0.15, -0.1) is 0 Å². The minimum absolute atomic E-state index is 0.108. The number of rotatable bonds is 3. The molecule has 1 aromatic rings. The Morgan fingerprint density at radius 1 is 1.50 bits per heavy atom. The molecule has 1 heterocycles. The molecule has 2 unspecified atom stereocenters. The van der Waals surface area contributed by atoms with Crippen molar-refractivity contribution in [2.75, 3.05) is 7.05 Å². The number of hydrogen-bond acceptors (Lipinski definition) is 3. The van der Waals surface area contributed by atoms with Crippen LogP contribution in [0.3, 0.4) is 0 Å². The molecule has 0 bridgehead atoms. The van der Waals surface area contributed by atoms with Gasteiger partial charge in [0.25, 0.3) is 0 Å². The Balaban J connectivity index is 1.94. The molecule has 1 N–H and O–H groups in total. The molecular weight excluding hydrogens is 273 g/mol. The number of aromatic nitrogens is 3. The van der Waals surface area contributed by atoms with Gasteiger partial charge in [0.15, 0.2) is 0 Å². The normalized spacial score (nSPS) is 23.6. The van der Waals surface area contributed by atoms with Crippen LogP contribution in [0.1, 0.15) is 31.5 Å². The molecule has 0 spiro atoms. The Hall–Kier alpha value is -1.60. The standard InChI is InChI=1S/C12H17F3N4O/c1-19(6-10-16-7-17-18-10)11(20)8-3-2-4-9(5-8)12(13,14)15/h7-9H,2-6H2,1H3,(H,16,17,18). The lowest BCUT2D eigenvalue weighted by molar-refractivity contribution is -0.187. The second kappa shape index (κ2) is 5.80. The van der Waals surface area contributed by atoms with Gasteiger partial charge in [-0.2, -0.15) is 18.3 Å². The number of amides is 1. The van der Waals surface area contributed by atoms with Crippen LogP contribution in [0.5, 0.6) is 0 Å². The van der Waals surface area contributed by atoms with Gasteiger partial charge >= 0.3 is 6.18 Å². The third-order valence-electron chi connectivity index (χ3n) is 3.71. The summed E-state index contributed by atoms with van der Waals surface area (Å²) in [6.45, 7) is 0.228. The van der Waals surface area contributed by atoms with Crippen LogP contribution in [-0.2, 0) is 11.3 Å². The van der Waals surface area contributed by atoms with Crippen molar-refractivity contribution in [1.82, 2.24) is 20.1 Å². The van der Waals surface area contributed by atoms with E-state index in [0.717, 1.165) is 0 Å². The van der Waals surface area contributed by atoms with Gasteiger partial charge in [0.05, 0.1) is 12.5 Å². The third kappa shape index (κ3) is 3.49. The van der Waals surface area contributed by atoms with E-state index in [4.69, 9.17) is 0 Å². The van der Waals surface area contributed by atoms with Crippen LogP contribution >= 0.6 is 0 Å². The van der Waals surface area contributed by atoms with Crippen LogP contribution in [0, 0.1) is 11.8 Å². The number of H-pyrrole nitrogens is 1. The van der Waals surface area contributed by atoms with E-state index in [0.29, 0.717) is 18.7 Å². The first-order valence-electron chi connectivity index (χ1n) is 6.54. The van der Waals surface area contributed by atoms with Crippen LogP contribution in [0.15, 0.2) is 6.33 Å². The first kappa shape index (κ1) is 14.8. The average Bonchev–Trinajstić information content (AvgIpc) is 2.90. The van der Waals surface area contributed by atoms with E-state index in [-0.39, 0.29) is 25.3 Å². The minimum Gasteiger partial charge on any atom is -0.338 e. The van der Waals surface area contributed by atoms with E-state index >= 15 is 0 Å². The molecule has 1 fully saturated rings. The van der Waals surface area contributed by atoms with Crippen LogP contribution in [0.25, 0.3) is 0 Å². The van der Waals surface area contributed by atoms with Crippen LogP contribution in [0.2, 0.25) is 0 Å². The van der Waals surface area contributed by atoms with Crippen molar-refractivity contribution in [2.45, 2.75) is 38.4 Å². The number of hydrogen-bond donors (Lipinski definition) is 1. The van der Waals surface area contributed by atoms with Gasteiger partial charge in [0.2, 0.25) is 5.91 Å². The molecule has 5 nitrogen and oxygen atoms in total. The molecule has 1 aliphatic rings. The zero-order valence-electron chi connectivity index (χ0n) is 11.2. The Labute approximate surface area is 114 Å². The molecule has 20 heavy (non-hydrogen) atoms. The van der Waals surface area contributed by atoms with Crippen molar-refractivity contribution >= 4 is 5.91 Å². The molecule has 2 atom stereocenters. The van der Waals surface area contributed by atoms with Crippen molar-refractivity contribution in [1.29, 1.82) is 0 Å². The van der Waals surface area contributed by atoms with Gasteiger partial charge < -0.3 is 4.90 Å². The van der Waals surface area contributed by atoms with E-state index in [2.05, 4.69) is 15.2 Å². The molecule has 112 valence electrons. The summed E-state index contributed by atoms with van der Waals surface area (Å²) in [6.07, 6.45) is -1.90. The van der Waals surface area contributed by atoms with E-state index in [1.807, 2.05) is 0 Å². The third-order valence-corrected chi connectivity index (χ3v) is 3.71. The number of alkyl halides is 3. The summed E-state index contributed by atoms with van der Waals surface area (Å²) in [5.41, 5.74) is 0. The summed E-state index contributed by atoms with van der Waals surface area (Å²) in [7, 11) is 1.57. The highest BCUT2D eigenvalue weighted by atomic mass is 19.4. The molecule has 0 aliphatic heterocycles. The second-order valence-electron chi connectivity index (χ2n) is 5.23. The fourth-order valence-electron chi connectivity index (χ4n) is 2.63. The maximum absolute atomic E-state index is 12.7. The summed E-state index contributed by atoms with van der Waals surface area (Å²) in [5, 5.41) is 6.29. The van der Waals surface area contributed by atoms with Crippen LogP contribution in [0.4, 0.5) is 13.2 Å². The summed E-state index contributed by atoms with van der Waals surface area (Å²) in [4.78, 5) is 17.5. The van der Waals surface area contributed by atoms with Gasteiger partial charge in [0.1, 0.15) is 12.2 Å². The smallest absolute Gasteiger partial charge is 0.338 e. The van der Waals surface area contributed by atoms with E-state index in [1.54, 1.807) is 7.05 Å². The zero-order chi connectivity index (χ0) is 14.8. The van der Waals surface area contributed by atoms with Gasteiger partial charge in [-0.3, -0.25) is 9.89 Å². The molecule has 0 aromatic carbocycles. The Morgan fingerprint density at radius 3 is 2.85 bits per heavy atom. The maximum Gasteiger partial charge on any atom is 0.391 e. The van der Waals surface area contributed by atoms with Crippen LogP contribution < -0.4 is 0 Å². The quantitative estimate of drug-likeness (QED) is 0.927. The van der Waals surface area contributed by atoms with Crippen molar-refractivity contribution in [3.63, 3.8) is 0 Å². The predicted molar refractivity (Wildman–Crippen MR) is 64.4 cm³/mol. The SMILES string of the molecule is CN(Cc1ncn[nH]1)C(=O)C1CCCC(C(F)(F)F)C1. The Kier molecular flexibility index (Phi) is 4.29. The molecule has 1 amide bonds. The lowest BCUT2D eigenvalue weighted by Gasteiger charge is -2.31. The number of nitrogens with one attached hydrogen (secondary N) is 1. The summed E-state index contributed by atoms with van der Waals surface area (Å²) < 4.78 is 38.2. The van der Waals surface area contributed by atoms with Gasteiger partial charge in [0, 0.05) is 13.0 Å². The first-order chi connectivity index (χ1) is 9.38. The van der Waals surface area contributed by atoms with Gasteiger partial charge in [-0.05, 0) is 19.3 Å². The van der Waals surface area contributed by atoms with Crippen molar-refractivity contribution < 1.29 is 18.0 Å². The van der Waals surface area contributed by atoms with E-state index in [9.17, 15) is 18.0 Å². The molecular formula is C12H17F3N4O. The largest absolute Gasteiger partial charge is 0.391 e. The monoisotopic (exact) mass is 290 g/mol. The van der Waals surface area contributed by atoms with Crippen LogP contribution in [-0.4, -0.2) is 39.2 Å². The minimum atomic E-state index is -4.21. The summed E-state index contributed by atoms with van der Waals surface area (Å²) in [6, 6.07) is 0. The zero-order valence-corrected chi connectivity index (χ0v) is 11.2. The molecule has 0 radical (unpaired) electrons. The van der Waals surface area contributed by atoms with Crippen molar-refractivity contribution in [3.05, 3.63) is 12.2 Å². The summed E-state index contributed by atoms with van der Waals surface area (Å²) >= 11 is 0. The topological polar surface area (TPSA) is 61.9 Å². The lowest BCUT2D eigenvalue weighted by atomic mass is 9.80. The van der Waals surface area contributed by atoms with E-state index < -0.39 is 18.0 Å². The second-order valence-corrected chi connectivity index (χ2v) is 5.23. The van der Waals surface area contributed by atoms with Gasteiger partial charge in [-0.25, -0.2) is 4.98 Å². The number of aromatic amines is 1. The number of carbonyl (C=O) groups excluding carboxylic acids is 1. The molecule has 0 saturated heterocycles.